The van der Waals surface area contributed by atoms with E-state index in [-0.39, 0.29) is 6.10 Å². The Hall–Kier alpha value is -1.48. The molecule has 0 amide bonds. The van der Waals surface area contributed by atoms with Gasteiger partial charge in [-0.05, 0) is 43.4 Å². The molecule has 188 valence electrons. The third kappa shape index (κ3) is 25.0. The number of aliphatic hydroxyl groups is 2. The molecule has 0 heterocycles. The Morgan fingerprint density at radius 3 is 1.58 bits per heavy atom. The molecule has 0 bridgehead atoms. The molecular weight excluding hydrogens is 404 g/mol. The lowest BCUT2D eigenvalue weighted by Gasteiger charge is -2.11. The number of allylic oxidation sites excluding steroid dienone is 2. The summed E-state index contributed by atoms with van der Waals surface area (Å²) in [5.41, 5.74) is 0. The first-order valence-corrected chi connectivity index (χ1v) is 13.7. The zero-order chi connectivity index (χ0) is 24.4. The molecule has 2 heteroatoms. The van der Waals surface area contributed by atoms with Gasteiger partial charge in [-0.15, -0.1) is 12.8 Å². The van der Waals surface area contributed by atoms with Crippen molar-refractivity contribution in [3.63, 3.8) is 0 Å². The first kappa shape index (κ1) is 31.5. The van der Waals surface area contributed by atoms with Crippen molar-refractivity contribution in [1.29, 1.82) is 0 Å². The summed E-state index contributed by atoms with van der Waals surface area (Å²) in [6.07, 6.45) is 40.6. The molecule has 0 radical (unpaired) electrons. The first-order chi connectivity index (χ1) is 16.1. The van der Waals surface area contributed by atoms with E-state index >= 15 is 0 Å². The highest BCUT2D eigenvalue weighted by atomic mass is 16.3. The Morgan fingerprint density at radius 1 is 0.636 bits per heavy atom. The van der Waals surface area contributed by atoms with Crippen LogP contribution in [0.2, 0.25) is 0 Å². The maximum absolute atomic E-state index is 9.69. The SMILES string of the molecule is C#CC=CC(O)CCCCCCCCC(C)CCCCCCCCCCCC=CC(O)C#C. The Labute approximate surface area is 206 Å². The molecule has 0 spiro atoms. The Balaban J connectivity index is 3.29. The Morgan fingerprint density at radius 2 is 1.09 bits per heavy atom. The van der Waals surface area contributed by atoms with Crippen molar-refractivity contribution in [3.8, 4) is 24.7 Å². The molecule has 0 aliphatic rings. The summed E-state index contributed by atoms with van der Waals surface area (Å²) in [4.78, 5) is 0. The largest absolute Gasteiger partial charge is 0.389 e. The second kappa shape index (κ2) is 25.1. The predicted octanol–water partition coefficient (Wildman–Crippen LogP) is 8.14. The summed E-state index contributed by atoms with van der Waals surface area (Å²) in [6.45, 7) is 2.42. The second-order valence-electron chi connectivity index (χ2n) is 9.70. The standard InChI is InChI=1S/C31H52O2/c1-4-6-26-31(33)28-23-19-15-14-17-21-25-29(3)24-20-16-12-10-8-7-9-11-13-18-22-27-30(32)5-2/h1-2,6,22,26-27,29-33H,7-21,23-25,28H2,3H3. The molecule has 2 nitrogen and oxygen atoms in total. The van der Waals surface area contributed by atoms with Crippen LogP contribution in [0.3, 0.4) is 0 Å². The fraction of sp³-hybridized carbons (Fsp3) is 0.742. The van der Waals surface area contributed by atoms with Gasteiger partial charge in [0.2, 0.25) is 0 Å². The monoisotopic (exact) mass is 456 g/mol. The maximum Gasteiger partial charge on any atom is 0.133 e. The first-order valence-electron chi connectivity index (χ1n) is 13.7. The quantitative estimate of drug-likeness (QED) is 0.0925. The lowest BCUT2D eigenvalue weighted by atomic mass is 9.95. The summed E-state index contributed by atoms with van der Waals surface area (Å²) in [5.74, 6) is 5.59. The highest BCUT2D eigenvalue weighted by Gasteiger charge is 2.03. The van der Waals surface area contributed by atoms with Gasteiger partial charge in [0.15, 0.2) is 0 Å². The number of unbranched alkanes of at least 4 members (excludes halogenated alkanes) is 14. The number of rotatable bonds is 23. The van der Waals surface area contributed by atoms with E-state index in [9.17, 15) is 10.2 Å². The molecule has 3 unspecified atom stereocenters. The number of hydrogen-bond acceptors (Lipinski definition) is 2. The van der Waals surface area contributed by atoms with Crippen molar-refractivity contribution in [2.24, 2.45) is 5.92 Å². The molecule has 3 atom stereocenters. The van der Waals surface area contributed by atoms with Gasteiger partial charge in [-0.1, -0.05) is 128 Å². The van der Waals surface area contributed by atoms with E-state index in [1.54, 1.807) is 18.2 Å². The van der Waals surface area contributed by atoms with Gasteiger partial charge in [0.1, 0.15) is 6.10 Å². The molecule has 0 saturated heterocycles. The highest BCUT2D eigenvalue weighted by molar-refractivity contribution is 5.10. The van der Waals surface area contributed by atoms with E-state index in [1.165, 1.54) is 103 Å². The number of hydrogen-bond donors (Lipinski definition) is 2. The van der Waals surface area contributed by atoms with E-state index < -0.39 is 6.10 Å². The summed E-state index contributed by atoms with van der Waals surface area (Å²) < 4.78 is 0. The Kier molecular flexibility index (Phi) is 24.0. The molecule has 2 N–H and O–H groups in total. The molecule has 0 aromatic heterocycles. The van der Waals surface area contributed by atoms with Crippen LogP contribution in [0.25, 0.3) is 0 Å². The van der Waals surface area contributed by atoms with Crippen LogP contribution in [0.1, 0.15) is 129 Å². The second-order valence-corrected chi connectivity index (χ2v) is 9.70. The molecule has 0 aromatic rings. The lowest BCUT2D eigenvalue weighted by molar-refractivity contribution is 0.208. The minimum atomic E-state index is -0.719. The van der Waals surface area contributed by atoms with Gasteiger partial charge < -0.3 is 10.2 Å². The van der Waals surface area contributed by atoms with Crippen molar-refractivity contribution in [3.05, 3.63) is 24.3 Å². The van der Waals surface area contributed by atoms with Gasteiger partial charge in [-0.25, -0.2) is 0 Å². The zero-order valence-corrected chi connectivity index (χ0v) is 21.5. The van der Waals surface area contributed by atoms with Gasteiger partial charge in [-0.3, -0.25) is 0 Å². The summed E-state index contributed by atoms with van der Waals surface area (Å²) >= 11 is 0. The molecule has 0 aliphatic carbocycles. The fourth-order valence-electron chi connectivity index (χ4n) is 4.23. The van der Waals surface area contributed by atoms with Crippen LogP contribution in [0.5, 0.6) is 0 Å². The molecule has 0 aromatic carbocycles. The average Bonchev–Trinajstić information content (AvgIpc) is 2.82. The molecule has 0 saturated carbocycles. The van der Waals surface area contributed by atoms with Crippen LogP contribution in [-0.2, 0) is 0 Å². The number of aliphatic hydroxyl groups excluding tert-OH is 2. The van der Waals surface area contributed by atoms with Gasteiger partial charge >= 0.3 is 0 Å². The van der Waals surface area contributed by atoms with E-state index in [0.717, 1.165) is 25.2 Å². The van der Waals surface area contributed by atoms with Crippen LogP contribution in [0.4, 0.5) is 0 Å². The smallest absolute Gasteiger partial charge is 0.133 e. The third-order valence-corrected chi connectivity index (χ3v) is 6.42. The van der Waals surface area contributed by atoms with Crippen LogP contribution in [0, 0.1) is 30.6 Å². The predicted molar refractivity (Wildman–Crippen MR) is 145 cm³/mol. The molecule has 0 aliphatic heterocycles. The van der Waals surface area contributed by atoms with Crippen LogP contribution in [-0.4, -0.2) is 22.4 Å². The zero-order valence-electron chi connectivity index (χ0n) is 21.5. The highest BCUT2D eigenvalue weighted by Crippen LogP contribution is 2.19. The molecule has 0 rings (SSSR count). The summed E-state index contributed by atoms with van der Waals surface area (Å²) in [6, 6.07) is 0. The average molecular weight is 457 g/mol. The van der Waals surface area contributed by atoms with Crippen molar-refractivity contribution in [1.82, 2.24) is 0 Å². The number of terminal acetylenes is 2. The molecule has 33 heavy (non-hydrogen) atoms. The molecule has 0 fully saturated rings. The van der Waals surface area contributed by atoms with Crippen LogP contribution in [0.15, 0.2) is 24.3 Å². The van der Waals surface area contributed by atoms with Crippen LogP contribution >= 0.6 is 0 Å². The van der Waals surface area contributed by atoms with Gasteiger partial charge in [0.25, 0.3) is 0 Å². The summed E-state index contributed by atoms with van der Waals surface area (Å²) in [7, 11) is 0. The van der Waals surface area contributed by atoms with E-state index in [1.807, 2.05) is 6.08 Å². The van der Waals surface area contributed by atoms with Crippen molar-refractivity contribution >= 4 is 0 Å². The minimum Gasteiger partial charge on any atom is -0.389 e. The van der Waals surface area contributed by atoms with E-state index in [0.29, 0.717) is 0 Å². The van der Waals surface area contributed by atoms with Gasteiger partial charge in [0.05, 0.1) is 6.10 Å². The third-order valence-electron chi connectivity index (χ3n) is 6.42. The fourth-order valence-corrected chi connectivity index (χ4v) is 4.23. The van der Waals surface area contributed by atoms with E-state index in [4.69, 9.17) is 12.8 Å². The van der Waals surface area contributed by atoms with Crippen molar-refractivity contribution in [2.45, 2.75) is 141 Å². The minimum absolute atomic E-state index is 0.373. The van der Waals surface area contributed by atoms with E-state index in [2.05, 4.69) is 18.8 Å². The Bertz CT molecular complexity index is 548. The van der Waals surface area contributed by atoms with Gasteiger partial charge in [0, 0.05) is 0 Å². The van der Waals surface area contributed by atoms with Gasteiger partial charge in [-0.2, -0.15) is 0 Å². The molecular formula is C31H52O2. The maximum atomic E-state index is 9.69. The van der Waals surface area contributed by atoms with Crippen LogP contribution < -0.4 is 0 Å². The van der Waals surface area contributed by atoms with Crippen molar-refractivity contribution < 1.29 is 10.2 Å². The summed E-state index contributed by atoms with van der Waals surface area (Å²) in [5, 5.41) is 18.9. The topological polar surface area (TPSA) is 40.5 Å². The lowest BCUT2D eigenvalue weighted by Crippen LogP contribution is -2.01. The normalized spacial score (nSPS) is 14.3. The van der Waals surface area contributed by atoms with Crippen molar-refractivity contribution in [2.75, 3.05) is 0 Å².